The summed E-state index contributed by atoms with van der Waals surface area (Å²) in [6.45, 7) is 3.71. The van der Waals surface area contributed by atoms with E-state index in [0.717, 1.165) is 11.1 Å². The highest BCUT2D eigenvalue weighted by Crippen LogP contribution is 2.30. The molecular formula is C27H21FN2O4S. The van der Waals surface area contributed by atoms with Gasteiger partial charge in [-0.15, -0.1) is 0 Å². The van der Waals surface area contributed by atoms with Crippen molar-refractivity contribution in [3.05, 3.63) is 115 Å². The zero-order chi connectivity index (χ0) is 24.5. The third kappa shape index (κ3) is 4.28. The summed E-state index contributed by atoms with van der Waals surface area (Å²) >= 11 is 1.23. The minimum atomic E-state index is -0.653. The molecule has 1 aliphatic rings. The van der Waals surface area contributed by atoms with Gasteiger partial charge in [0.1, 0.15) is 17.3 Å². The first kappa shape index (κ1) is 22.7. The molecule has 2 aromatic carbocycles. The fourth-order valence-electron chi connectivity index (χ4n) is 4.07. The molecule has 176 valence electrons. The van der Waals surface area contributed by atoms with Gasteiger partial charge in [-0.2, -0.15) is 0 Å². The Morgan fingerprint density at radius 1 is 1.14 bits per heavy atom. The first-order valence-electron chi connectivity index (χ1n) is 11.1. The summed E-state index contributed by atoms with van der Waals surface area (Å²) in [6, 6.07) is 18.2. The molecular weight excluding hydrogens is 467 g/mol. The Balaban J connectivity index is 1.62. The number of thiazole rings is 1. The number of carbonyl (C=O) groups excluding carboxylic acids is 1. The molecule has 0 amide bonds. The second-order valence-corrected chi connectivity index (χ2v) is 8.93. The maximum atomic E-state index is 13.6. The molecule has 2 aromatic heterocycles. The Hall–Kier alpha value is -4.04. The zero-order valence-electron chi connectivity index (χ0n) is 19.0. The molecule has 0 bridgehead atoms. The predicted molar refractivity (Wildman–Crippen MR) is 131 cm³/mol. The molecule has 5 rings (SSSR count). The number of carbonyl (C=O) groups is 1. The van der Waals surface area contributed by atoms with Crippen LogP contribution in [0.25, 0.3) is 17.4 Å². The van der Waals surface area contributed by atoms with Crippen molar-refractivity contribution in [2.75, 3.05) is 6.61 Å². The second kappa shape index (κ2) is 9.31. The second-order valence-electron chi connectivity index (χ2n) is 7.92. The van der Waals surface area contributed by atoms with Crippen LogP contribution in [0.15, 0.2) is 92.2 Å². The lowest BCUT2D eigenvalue weighted by Gasteiger charge is -2.24. The molecule has 6 nitrogen and oxygen atoms in total. The van der Waals surface area contributed by atoms with Gasteiger partial charge in [0, 0.05) is 11.6 Å². The van der Waals surface area contributed by atoms with Crippen LogP contribution in [0.2, 0.25) is 0 Å². The molecule has 8 heteroatoms. The third-order valence-corrected chi connectivity index (χ3v) is 6.64. The van der Waals surface area contributed by atoms with Crippen molar-refractivity contribution in [3.8, 4) is 11.3 Å². The van der Waals surface area contributed by atoms with Gasteiger partial charge in [0.2, 0.25) is 0 Å². The van der Waals surface area contributed by atoms with Crippen molar-refractivity contribution in [1.29, 1.82) is 0 Å². The minimum Gasteiger partial charge on any atom is -0.463 e. The normalized spacial score (nSPS) is 15.6. The summed E-state index contributed by atoms with van der Waals surface area (Å²) < 4.78 is 26.4. The smallest absolute Gasteiger partial charge is 0.338 e. The van der Waals surface area contributed by atoms with E-state index in [-0.39, 0.29) is 18.0 Å². The van der Waals surface area contributed by atoms with Gasteiger partial charge in [0.25, 0.3) is 5.56 Å². The fourth-order valence-corrected chi connectivity index (χ4v) is 5.10. The third-order valence-electron chi connectivity index (χ3n) is 5.66. The van der Waals surface area contributed by atoms with Crippen molar-refractivity contribution in [2.24, 2.45) is 4.99 Å². The number of hydrogen-bond acceptors (Lipinski definition) is 6. The molecule has 35 heavy (non-hydrogen) atoms. The van der Waals surface area contributed by atoms with E-state index in [1.54, 1.807) is 44.2 Å². The molecule has 0 radical (unpaired) electrons. The number of benzene rings is 2. The summed E-state index contributed by atoms with van der Waals surface area (Å²) in [5.41, 5.74) is 2.09. The average molecular weight is 489 g/mol. The van der Waals surface area contributed by atoms with E-state index < -0.39 is 12.0 Å². The highest BCUT2D eigenvalue weighted by Gasteiger charge is 2.33. The maximum absolute atomic E-state index is 13.6. The van der Waals surface area contributed by atoms with Crippen molar-refractivity contribution < 1.29 is 18.3 Å². The summed E-state index contributed by atoms with van der Waals surface area (Å²) in [4.78, 5) is 31.5. The monoisotopic (exact) mass is 488 g/mol. The van der Waals surface area contributed by atoms with E-state index in [2.05, 4.69) is 4.99 Å². The fraction of sp³-hybridized carbons (Fsp3) is 0.148. The number of rotatable bonds is 5. The largest absolute Gasteiger partial charge is 0.463 e. The number of halogens is 1. The highest BCUT2D eigenvalue weighted by molar-refractivity contribution is 7.07. The Morgan fingerprint density at radius 2 is 1.89 bits per heavy atom. The summed E-state index contributed by atoms with van der Waals surface area (Å²) in [6.07, 6.45) is 1.66. The molecule has 0 aliphatic carbocycles. The quantitative estimate of drug-likeness (QED) is 0.395. The molecule has 3 heterocycles. The molecule has 1 aliphatic heterocycles. The Kier molecular flexibility index (Phi) is 6.05. The number of esters is 1. The van der Waals surface area contributed by atoms with Gasteiger partial charge in [-0.1, -0.05) is 41.7 Å². The average Bonchev–Trinajstić information content (AvgIpc) is 3.44. The molecule has 4 aromatic rings. The Morgan fingerprint density at radius 3 is 2.60 bits per heavy atom. The van der Waals surface area contributed by atoms with Crippen LogP contribution in [0, 0.1) is 5.82 Å². The van der Waals surface area contributed by atoms with Gasteiger partial charge in [-0.25, -0.2) is 14.2 Å². The van der Waals surface area contributed by atoms with Crippen LogP contribution in [0.5, 0.6) is 0 Å². The Labute approximate surface area is 203 Å². The van der Waals surface area contributed by atoms with E-state index in [0.29, 0.717) is 32.1 Å². The molecule has 0 N–H and O–H groups in total. The van der Waals surface area contributed by atoms with Crippen LogP contribution in [-0.4, -0.2) is 17.1 Å². The molecule has 1 unspecified atom stereocenters. The van der Waals surface area contributed by atoms with Crippen molar-refractivity contribution in [2.45, 2.75) is 19.9 Å². The number of ether oxygens (including phenoxy) is 1. The summed E-state index contributed by atoms with van der Waals surface area (Å²) in [5, 5.41) is 0. The van der Waals surface area contributed by atoms with Crippen LogP contribution >= 0.6 is 11.3 Å². The van der Waals surface area contributed by atoms with Crippen LogP contribution in [0.3, 0.4) is 0 Å². The lowest BCUT2D eigenvalue weighted by atomic mass is 9.96. The van der Waals surface area contributed by atoms with E-state index in [9.17, 15) is 14.0 Å². The molecule has 0 fully saturated rings. The van der Waals surface area contributed by atoms with Gasteiger partial charge in [0.05, 0.1) is 28.5 Å². The van der Waals surface area contributed by atoms with E-state index in [1.165, 1.54) is 28.0 Å². The number of nitrogens with zero attached hydrogens (tertiary/aromatic N) is 2. The Bertz CT molecular complexity index is 1610. The lowest BCUT2D eigenvalue weighted by Crippen LogP contribution is -2.39. The number of allylic oxidation sites excluding steroid dienone is 1. The first-order valence-corrected chi connectivity index (χ1v) is 11.9. The van der Waals surface area contributed by atoms with Crippen molar-refractivity contribution >= 4 is 23.4 Å². The van der Waals surface area contributed by atoms with Crippen LogP contribution in [-0.2, 0) is 9.53 Å². The van der Waals surface area contributed by atoms with Crippen LogP contribution in [0.1, 0.15) is 31.2 Å². The van der Waals surface area contributed by atoms with E-state index in [1.807, 2.05) is 30.3 Å². The molecule has 0 saturated carbocycles. The van der Waals surface area contributed by atoms with Crippen LogP contribution in [0.4, 0.5) is 4.39 Å². The van der Waals surface area contributed by atoms with Crippen LogP contribution < -0.4 is 14.9 Å². The van der Waals surface area contributed by atoms with Gasteiger partial charge >= 0.3 is 5.97 Å². The highest BCUT2D eigenvalue weighted by atomic mass is 32.1. The van der Waals surface area contributed by atoms with Crippen molar-refractivity contribution in [1.82, 2.24) is 4.57 Å². The minimum absolute atomic E-state index is 0.219. The predicted octanol–water partition coefficient (Wildman–Crippen LogP) is 4.20. The topological polar surface area (TPSA) is 73.8 Å². The number of aromatic nitrogens is 1. The number of fused-ring (bicyclic) bond motifs is 1. The van der Waals surface area contributed by atoms with Gasteiger partial charge in [-0.05, 0) is 55.8 Å². The SMILES string of the molecule is CCOC(=O)C1=C(C)N=c2s/c(=C\c3ccc(-c4ccc(F)cc4)o3)c(=O)n2C1c1ccccc1. The first-order chi connectivity index (χ1) is 17.0. The van der Waals surface area contributed by atoms with Gasteiger partial charge < -0.3 is 9.15 Å². The molecule has 0 saturated heterocycles. The lowest BCUT2D eigenvalue weighted by molar-refractivity contribution is -0.139. The summed E-state index contributed by atoms with van der Waals surface area (Å²) in [7, 11) is 0. The number of hydrogen-bond donors (Lipinski definition) is 0. The van der Waals surface area contributed by atoms with Gasteiger partial charge in [0.15, 0.2) is 4.80 Å². The van der Waals surface area contributed by atoms with Gasteiger partial charge in [-0.3, -0.25) is 9.36 Å². The van der Waals surface area contributed by atoms with E-state index >= 15 is 0 Å². The maximum Gasteiger partial charge on any atom is 0.338 e. The zero-order valence-corrected chi connectivity index (χ0v) is 19.8. The number of furan rings is 1. The molecule has 1 atom stereocenters. The molecule has 0 spiro atoms. The standard InChI is InChI=1S/C27H21FN2O4S/c1-3-33-26(32)23-16(2)29-27-30(24(23)18-7-5-4-6-8-18)25(31)22(35-27)15-20-13-14-21(34-20)17-9-11-19(28)12-10-17/h4-15,24H,3H2,1-2H3/b22-15-. The van der Waals surface area contributed by atoms with Crippen molar-refractivity contribution in [3.63, 3.8) is 0 Å². The summed E-state index contributed by atoms with van der Waals surface area (Å²) in [5.74, 6) is 0.220. The van der Waals surface area contributed by atoms with E-state index in [4.69, 9.17) is 9.15 Å².